The van der Waals surface area contributed by atoms with Crippen molar-refractivity contribution in [3.05, 3.63) is 28.8 Å². The quantitative estimate of drug-likeness (QED) is 0.765. The van der Waals surface area contributed by atoms with Crippen LogP contribution < -0.4 is 5.32 Å². The minimum Gasteiger partial charge on any atom is -0.480 e. The van der Waals surface area contributed by atoms with Crippen LogP contribution in [0.4, 0.5) is 5.69 Å². The van der Waals surface area contributed by atoms with E-state index in [0.717, 1.165) is 4.90 Å². The molecule has 0 aliphatic carbocycles. The van der Waals surface area contributed by atoms with Crippen LogP contribution in [-0.4, -0.2) is 45.5 Å². The Morgan fingerprint density at radius 1 is 1.36 bits per heavy atom. The van der Waals surface area contributed by atoms with Crippen LogP contribution in [0.1, 0.15) is 25.0 Å². The molecular formula is C14H15ClN2O5. The van der Waals surface area contributed by atoms with Gasteiger partial charge >= 0.3 is 5.97 Å². The summed E-state index contributed by atoms with van der Waals surface area (Å²) in [5, 5.41) is 21.9. The summed E-state index contributed by atoms with van der Waals surface area (Å²) in [7, 11) is 0. The van der Waals surface area contributed by atoms with E-state index in [2.05, 4.69) is 5.32 Å². The van der Waals surface area contributed by atoms with E-state index in [4.69, 9.17) is 16.7 Å². The van der Waals surface area contributed by atoms with E-state index in [1.807, 2.05) is 0 Å². The first-order chi connectivity index (χ1) is 10.3. The number of aliphatic carboxylic acids is 1. The first kappa shape index (κ1) is 16.3. The number of benzene rings is 1. The average molecular weight is 327 g/mol. The molecule has 1 aliphatic heterocycles. The Hall–Kier alpha value is -2.12. The molecule has 8 heteroatoms. The van der Waals surface area contributed by atoms with Crippen molar-refractivity contribution in [2.75, 3.05) is 11.9 Å². The number of hydrogen-bond acceptors (Lipinski definition) is 4. The van der Waals surface area contributed by atoms with Crippen LogP contribution in [0.25, 0.3) is 0 Å². The smallest absolute Gasteiger partial charge is 0.326 e. The highest BCUT2D eigenvalue weighted by molar-refractivity contribution is 6.31. The van der Waals surface area contributed by atoms with E-state index in [9.17, 15) is 19.5 Å². The molecule has 1 aliphatic rings. The van der Waals surface area contributed by atoms with Gasteiger partial charge in [-0.2, -0.15) is 0 Å². The summed E-state index contributed by atoms with van der Waals surface area (Å²) in [4.78, 5) is 35.3. The first-order valence-electron chi connectivity index (χ1n) is 6.59. The van der Waals surface area contributed by atoms with E-state index in [1.54, 1.807) is 0 Å². The zero-order valence-electron chi connectivity index (χ0n) is 11.7. The predicted molar refractivity (Wildman–Crippen MR) is 78.5 cm³/mol. The average Bonchev–Trinajstić information content (AvgIpc) is 2.33. The Kier molecular flexibility index (Phi) is 4.68. The highest BCUT2D eigenvalue weighted by atomic mass is 35.5. The third-order valence-electron chi connectivity index (χ3n) is 3.38. The fourth-order valence-electron chi connectivity index (χ4n) is 2.25. The van der Waals surface area contributed by atoms with E-state index >= 15 is 0 Å². The van der Waals surface area contributed by atoms with E-state index in [0.29, 0.717) is 12.1 Å². The molecule has 1 saturated heterocycles. The monoisotopic (exact) mass is 326 g/mol. The number of nitrogens with one attached hydrogen (secondary N) is 1. The van der Waals surface area contributed by atoms with Crippen molar-refractivity contribution in [3.8, 4) is 0 Å². The number of likely N-dealkylation sites (tertiary alicyclic amines) is 1. The minimum absolute atomic E-state index is 0.192. The van der Waals surface area contributed by atoms with Gasteiger partial charge in [0.05, 0.1) is 0 Å². The lowest BCUT2D eigenvalue weighted by atomic mass is 9.99. The normalized spacial score (nSPS) is 18.3. The number of anilines is 1. The minimum atomic E-state index is -1.53. The molecule has 0 spiro atoms. The Labute approximate surface area is 131 Å². The van der Waals surface area contributed by atoms with Gasteiger partial charge in [0.25, 0.3) is 5.91 Å². The van der Waals surface area contributed by atoms with Gasteiger partial charge in [-0.05, 0) is 30.2 Å². The van der Waals surface area contributed by atoms with Crippen LogP contribution in [0.3, 0.4) is 0 Å². The highest BCUT2D eigenvalue weighted by Gasteiger charge is 2.40. The third-order valence-corrected chi connectivity index (χ3v) is 3.60. The maximum absolute atomic E-state index is 12.2. The molecule has 0 radical (unpaired) electrons. The first-order valence-corrected chi connectivity index (χ1v) is 6.97. The van der Waals surface area contributed by atoms with Crippen molar-refractivity contribution in [3.63, 3.8) is 0 Å². The molecule has 0 aromatic heterocycles. The molecule has 1 heterocycles. The van der Waals surface area contributed by atoms with Gasteiger partial charge in [-0.25, -0.2) is 4.79 Å². The molecule has 2 rings (SSSR count). The molecule has 1 aromatic rings. The predicted octanol–water partition coefficient (Wildman–Crippen LogP) is 1.02. The number of carbonyl (C=O) groups excluding carboxylic acids is 2. The summed E-state index contributed by atoms with van der Waals surface area (Å²) in [6.45, 7) is 1.60. The van der Waals surface area contributed by atoms with Crippen molar-refractivity contribution in [2.45, 2.75) is 25.5 Å². The molecule has 2 unspecified atom stereocenters. The number of amides is 2. The molecular weight excluding hydrogens is 312 g/mol. The Morgan fingerprint density at radius 2 is 2.05 bits per heavy atom. The van der Waals surface area contributed by atoms with Crippen molar-refractivity contribution in [1.29, 1.82) is 0 Å². The van der Waals surface area contributed by atoms with Gasteiger partial charge < -0.3 is 20.4 Å². The Balaban J connectivity index is 2.20. The Morgan fingerprint density at radius 3 is 2.55 bits per heavy atom. The molecule has 0 bridgehead atoms. The second-order valence-electron chi connectivity index (χ2n) is 5.03. The number of hydrogen-bond donors (Lipinski definition) is 3. The summed E-state index contributed by atoms with van der Waals surface area (Å²) in [6, 6.07) is 3.39. The molecule has 7 nitrogen and oxygen atoms in total. The summed E-state index contributed by atoms with van der Waals surface area (Å²) in [5.74, 6) is -2.12. The number of aliphatic hydroxyl groups is 1. The largest absolute Gasteiger partial charge is 0.480 e. The maximum Gasteiger partial charge on any atom is 0.326 e. The molecule has 2 atom stereocenters. The standard InChI is InChI=1S/C14H15ClN2O5/c1-7(18)16-10-5-8(4-9(15)6-10)12(19)13(20)17-3-2-11(17)14(21)22/h4-6,11-12,19H,2-3H2,1H3,(H,16,18)(H,21,22). The maximum atomic E-state index is 12.2. The van der Waals surface area contributed by atoms with Gasteiger partial charge in [0.2, 0.25) is 5.91 Å². The topological polar surface area (TPSA) is 107 Å². The molecule has 22 heavy (non-hydrogen) atoms. The molecule has 118 valence electrons. The van der Waals surface area contributed by atoms with E-state index < -0.39 is 24.0 Å². The molecule has 2 amide bonds. The van der Waals surface area contributed by atoms with Crippen molar-refractivity contribution in [2.24, 2.45) is 0 Å². The molecule has 1 fully saturated rings. The lowest BCUT2D eigenvalue weighted by Crippen LogP contribution is -2.56. The number of halogens is 1. The summed E-state index contributed by atoms with van der Waals surface area (Å²) >= 11 is 5.91. The summed E-state index contributed by atoms with van der Waals surface area (Å²) in [5.41, 5.74) is 0.539. The van der Waals surface area contributed by atoms with Crippen LogP contribution in [-0.2, 0) is 14.4 Å². The van der Waals surface area contributed by atoms with Gasteiger partial charge in [0, 0.05) is 24.2 Å². The number of carboxylic acids is 1. The second-order valence-corrected chi connectivity index (χ2v) is 5.47. The summed E-state index contributed by atoms with van der Waals surface area (Å²) < 4.78 is 0. The van der Waals surface area contributed by atoms with Crippen molar-refractivity contribution in [1.82, 2.24) is 4.90 Å². The third kappa shape index (κ3) is 3.37. The SMILES string of the molecule is CC(=O)Nc1cc(Cl)cc(C(O)C(=O)N2CCC2C(=O)O)c1. The van der Waals surface area contributed by atoms with Crippen molar-refractivity contribution >= 4 is 35.1 Å². The fourth-order valence-corrected chi connectivity index (χ4v) is 2.50. The van der Waals surface area contributed by atoms with E-state index in [1.165, 1.54) is 25.1 Å². The fraction of sp³-hybridized carbons (Fsp3) is 0.357. The number of carbonyl (C=O) groups is 3. The van der Waals surface area contributed by atoms with Gasteiger partial charge in [0.15, 0.2) is 6.10 Å². The number of nitrogens with zero attached hydrogens (tertiary/aromatic N) is 1. The summed E-state index contributed by atoms with van der Waals surface area (Å²) in [6.07, 6.45) is -1.17. The number of aliphatic hydroxyl groups excluding tert-OH is 1. The molecule has 3 N–H and O–H groups in total. The van der Waals surface area contributed by atoms with E-state index in [-0.39, 0.29) is 23.0 Å². The van der Waals surface area contributed by atoms with Crippen LogP contribution in [0.2, 0.25) is 5.02 Å². The number of rotatable bonds is 4. The molecule has 0 saturated carbocycles. The van der Waals surface area contributed by atoms with Gasteiger partial charge in [0.1, 0.15) is 6.04 Å². The lowest BCUT2D eigenvalue weighted by Gasteiger charge is -2.39. The second kappa shape index (κ2) is 6.33. The van der Waals surface area contributed by atoms with Crippen LogP contribution >= 0.6 is 11.6 Å². The highest BCUT2D eigenvalue weighted by Crippen LogP contribution is 2.28. The molecule has 1 aromatic carbocycles. The lowest BCUT2D eigenvalue weighted by molar-refractivity contribution is -0.161. The van der Waals surface area contributed by atoms with Gasteiger partial charge in [-0.1, -0.05) is 11.6 Å². The zero-order valence-corrected chi connectivity index (χ0v) is 12.5. The van der Waals surface area contributed by atoms with Gasteiger partial charge in [-0.3, -0.25) is 9.59 Å². The zero-order chi connectivity index (χ0) is 16.4. The van der Waals surface area contributed by atoms with Crippen LogP contribution in [0.15, 0.2) is 18.2 Å². The Bertz CT molecular complexity index is 634. The van der Waals surface area contributed by atoms with Crippen LogP contribution in [0.5, 0.6) is 0 Å². The van der Waals surface area contributed by atoms with Crippen LogP contribution in [0, 0.1) is 0 Å². The van der Waals surface area contributed by atoms with Crippen molar-refractivity contribution < 1.29 is 24.6 Å². The van der Waals surface area contributed by atoms with Gasteiger partial charge in [-0.15, -0.1) is 0 Å². The number of carboxylic acid groups (broad SMARTS) is 1.